The van der Waals surface area contributed by atoms with Gasteiger partial charge in [0.1, 0.15) is 0 Å². The average Bonchev–Trinajstić information content (AvgIpc) is 2.55. The van der Waals surface area contributed by atoms with E-state index in [9.17, 15) is 4.79 Å². The normalized spacial score (nSPS) is 17.0. The first-order valence-corrected chi connectivity index (χ1v) is 8.52. The van der Waals surface area contributed by atoms with Gasteiger partial charge in [-0.3, -0.25) is 4.90 Å². The highest BCUT2D eigenvalue weighted by molar-refractivity contribution is 6.30. The fourth-order valence-electron chi connectivity index (χ4n) is 2.74. The lowest BCUT2D eigenvalue weighted by Gasteiger charge is -2.36. The molecule has 1 fully saturated rings. The molecule has 0 bridgehead atoms. The van der Waals surface area contributed by atoms with Crippen molar-refractivity contribution in [2.45, 2.75) is 26.4 Å². The van der Waals surface area contributed by atoms with Crippen molar-refractivity contribution in [2.75, 3.05) is 32.8 Å². The van der Waals surface area contributed by atoms with Gasteiger partial charge in [-0.15, -0.1) is 0 Å². The van der Waals surface area contributed by atoms with E-state index in [0.29, 0.717) is 30.1 Å². The lowest BCUT2D eigenvalue weighted by molar-refractivity contribution is 0.00719. The lowest BCUT2D eigenvalue weighted by atomic mass is 10.0. The molecular formula is C17H26ClN3O2. The summed E-state index contributed by atoms with van der Waals surface area (Å²) in [4.78, 5) is 14.4. The van der Waals surface area contributed by atoms with Gasteiger partial charge in [-0.2, -0.15) is 0 Å². The van der Waals surface area contributed by atoms with Crippen molar-refractivity contribution < 1.29 is 9.53 Å². The van der Waals surface area contributed by atoms with Crippen molar-refractivity contribution >= 4 is 17.6 Å². The molecule has 128 valence electrons. The lowest BCUT2D eigenvalue weighted by Crippen LogP contribution is -2.52. The van der Waals surface area contributed by atoms with E-state index in [4.69, 9.17) is 16.3 Å². The molecule has 1 heterocycles. The van der Waals surface area contributed by atoms with Crippen LogP contribution in [0, 0.1) is 5.92 Å². The summed E-state index contributed by atoms with van der Waals surface area (Å²) in [5.74, 6) is 0.477. The largest absolute Gasteiger partial charge is 0.379 e. The molecule has 0 radical (unpaired) electrons. The van der Waals surface area contributed by atoms with Crippen LogP contribution in [-0.4, -0.2) is 49.8 Å². The Kier molecular flexibility index (Phi) is 7.15. The SMILES string of the molecule is CC(C)[C@H](CNC(=O)NCc1ccc(Cl)cc1)N1CCOCC1. The Morgan fingerprint density at radius 1 is 1.22 bits per heavy atom. The molecule has 1 aliphatic rings. The second kappa shape index (κ2) is 9.11. The number of morpholine rings is 1. The first-order chi connectivity index (χ1) is 11.1. The summed E-state index contributed by atoms with van der Waals surface area (Å²) in [5.41, 5.74) is 1.03. The third-order valence-electron chi connectivity index (χ3n) is 4.12. The van der Waals surface area contributed by atoms with E-state index in [0.717, 1.165) is 31.9 Å². The van der Waals surface area contributed by atoms with Crippen molar-refractivity contribution in [3.05, 3.63) is 34.9 Å². The van der Waals surface area contributed by atoms with Gasteiger partial charge >= 0.3 is 6.03 Å². The van der Waals surface area contributed by atoms with Crippen LogP contribution in [0.3, 0.4) is 0 Å². The number of ether oxygens (including phenoxy) is 1. The van der Waals surface area contributed by atoms with Crippen LogP contribution in [0.1, 0.15) is 19.4 Å². The number of nitrogens with one attached hydrogen (secondary N) is 2. The highest BCUT2D eigenvalue weighted by Crippen LogP contribution is 2.12. The minimum absolute atomic E-state index is 0.140. The predicted molar refractivity (Wildman–Crippen MR) is 92.7 cm³/mol. The van der Waals surface area contributed by atoms with E-state index in [2.05, 4.69) is 29.4 Å². The molecule has 1 aromatic rings. The van der Waals surface area contributed by atoms with Gasteiger partial charge < -0.3 is 15.4 Å². The zero-order valence-corrected chi connectivity index (χ0v) is 14.6. The molecule has 5 nitrogen and oxygen atoms in total. The number of halogens is 1. The van der Waals surface area contributed by atoms with E-state index in [1.807, 2.05) is 24.3 Å². The Bertz CT molecular complexity index is 487. The molecule has 0 aromatic heterocycles. The maximum Gasteiger partial charge on any atom is 0.315 e. The number of nitrogens with zero attached hydrogens (tertiary/aromatic N) is 1. The van der Waals surface area contributed by atoms with Crippen molar-refractivity contribution in [1.29, 1.82) is 0 Å². The number of urea groups is 1. The Hall–Kier alpha value is -1.30. The van der Waals surface area contributed by atoms with Crippen molar-refractivity contribution in [1.82, 2.24) is 15.5 Å². The fourth-order valence-corrected chi connectivity index (χ4v) is 2.87. The average molecular weight is 340 g/mol. The molecule has 1 aromatic carbocycles. The molecule has 1 aliphatic heterocycles. The molecule has 2 amide bonds. The van der Waals surface area contributed by atoms with Crippen LogP contribution >= 0.6 is 11.6 Å². The number of benzene rings is 1. The minimum atomic E-state index is -0.140. The summed E-state index contributed by atoms with van der Waals surface area (Å²) >= 11 is 5.85. The monoisotopic (exact) mass is 339 g/mol. The van der Waals surface area contributed by atoms with Crippen LogP contribution < -0.4 is 10.6 Å². The second-order valence-corrected chi connectivity index (χ2v) is 6.59. The van der Waals surface area contributed by atoms with Crippen LogP contribution in [0.15, 0.2) is 24.3 Å². The van der Waals surface area contributed by atoms with Crippen molar-refractivity contribution in [2.24, 2.45) is 5.92 Å². The van der Waals surface area contributed by atoms with Crippen molar-refractivity contribution in [3.63, 3.8) is 0 Å². The standard InChI is InChI=1S/C17H26ClN3O2/c1-13(2)16(21-7-9-23-10-8-21)12-20-17(22)19-11-14-3-5-15(18)6-4-14/h3-6,13,16H,7-12H2,1-2H3,(H2,19,20,22)/t16-/m0/s1. The molecule has 0 unspecified atom stereocenters. The molecule has 2 N–H and O–H groups in total. The van der Waals surface area contributed by atoms with Gasteiger partial charge in [0, 0.05) is 37.2 Å². The number of hydrogen-bond donors (Lipinski definition) is 2. The molecule has 1 saturated heterocycles. The van der Waals surface area contributed by atoms with E-state index in [-0.39, 0.29) is 6.03 Å². The van der Waals surface area contributed by atoms with E-state index >= 15 is 0 Å². The summed E-state index contributed by atoms with van der Waals surface area (Å²) < 4.78 is 5.40. The number of carbonyl (C=O) groups is 1. The molecule has 0 saturated carbocycles. The molecular weight excluding hydrogens is 314 g/mol. The van der Waals surface area contributed by atoms with Gasteiger partial charge in [0.25, 0.3) is 0 Å². The molecule has 1 atom stereocenters. The number of hydrogen-bond acceptors (Lipinski definition) is 3. The quantitative estimate of drug-likeness (QED) is 0.837. The highest BCUT2D eigenvalue weighted by Gasteiger charge is 2.24. The highest BCUT2D eigenvalue weighted by atomic mass is 35.5. The maximum atomic E-state index is 12.0. The zero-order valence-electron chi connectivity index (χ0n) is 13.8. The van der Waals surface area contributed by atoms with Gasteiger partial charge in [-0.25, -0.2) is 4.79 Å². The summed E-state index contributed by atoms with van der Waals surface area (Å²) in [5, 5.41) is 6.56. The van der Waals surface area contributed by atoms with Crippen LogP contribution in [0.4, 0.5) is 4.79 Å². The Labute approximate surface area is 143 Å². The third-order valence-corrected chi connectivity index (χ3v) is 4.37. The number of amides is 2. The van der Waals surface area contributed by atoms with Crippen LogP contribution in [0.25, 0.3) is 0 Å². The van der Waals surface area contributed by atoms with E-state index in [1.165, 1.54) is 0 Å². The van der Waals surface area contributed by atoms with Gasteiger partial charge in [0.2, 0.25) is 0 Å². The first kappa shape index (κ1) is 18.0. The van der Waals surface area contributed by atoms with Crippen LogP contribution in [0.2, 0.25) is 5.02 Å². The molecule has 0 aliphatic carbocycles. The first-order valence-electron chi connectivity index (χ1n) is 8.14. The topological polar surface area (TPSA) is 53.6 Å². The fraction of sp³-hybridized carbons (Fsp3) is 0.588. The second-order valence-electron chi connectivity index (χ2n) is 6.15. The van der Waals surface area contributed by atoms with Crippen LogP contribution in [-0.2, 0) is 11.3 Å². The zero-order chi connectivity index (χ0) is 16.7. The third kappa shape index (κ3) is 6.01. The van der Waals surface area contributed by atoms with Crippen molar-refractivity contribution in [3.8, 4) is 0 Å². The minimum Gasteiger partial charge on any atom is -0.379 e. The smallest absolute Gasteiger partial charge is 0.315 e. The predicted octanol–water partition coefficient (Wildman–Crippen LogP) is 2.50. The Balaban J connectivity index is 1.75. The maximum absolute atomic E-state index is 12.0. The summed E-state index contributed by atoms with van der Waals surface area (Å²) in [6, 6.07) is 7.66. The van der Waals surface area contributed by atoms with E-state index < -0.39 is 0 Å². The van der Waals surface area contributed by atoms with Gasteiger partial charge in [0.15, 0.2) is 0 Å². The van der Waals surface area contributed by atoms with Gasteiger partial charge in [-0.1, -0.05) is 37.6 Å². The summed E-state index contributed by atoms with van der Waals surface area (Å²) in [7, 11) is 0. The molecule has 23 heavy (non-hydrogen) atoms. The molecule has 2 rings (SSSR count). The number of carbonyl (C=O) groups excluding carboxylic acids is 1. The summed E-state index contributed by atoms with van der Waals surface area (Å²) in [6.45, 7) is 8.91. The Morgan fingerprint density at radius 3 is 2.48 bits per heavy atom. The van der Waals surface area contributed by atoms with Crippen LogP contribution in [0.5, 0.6) is 0 Å². The van der Waals surface area contributed by atoms with Gasteiger partial charge in [-0.05, 0) is 23.6 Å². The molecule has 0 spiro atoms. The van der Waals surface area contributed by atoms with Gasteiger partial charge in [0.05, 0.1) is 13.2 Å². The van der Waals surface area contributed by atoms with E-state index in [1.54, 1.807) is 0 Å². The molecule has 6 heteroatoms. The Morgan fingerprint density at radius 2 is 1.87 bits per heavy atom. The number of rotatable bonds is 6. The summed E-state index contributed by atoms with van der Waals surface area (Å²) in [6.07, 6.45) is 0.